The molecule has 1 aliphatic rings. The molecule has 2 N–H and O–H groups in total. The van der Waals surface area contributed by atoms with Gasteiger partial charge in [0.05, 0.1) is 5.69 Å². The van der Waals surface area contributed by atoms with Crippen LogP contribution in [0.3, 0.4) is 0 Å². The van der Waals surface area contributed by atoms with E-state index in [1.54, 1.807) is 25.1 Å². The standard InChI is InChI=1S/C18H18N2O3/c1-11-3-5-13(6-4-11)10-19-18(22)14-7-8-16-15(9-14)20-17(21)12(2)23-16/h3-9,12H,10H2,1-2H3,(H,19,22)(H,20,21). The lowest BCUT2D eigenvalue weighted by Gasteiger charge is -2.23. The van der Waals surface area contributed by atoms with Gasteiger partial charge in [-0.3, -0.25) is 9.59 Å². The minimum Gasteiger partial charge on any atom is -0.479 e. The van der Waals surface area contributed by atoms with E-state index < -0.39 is 6.10 Å². The van der Waals surface area contributed by atoms with Crippen molar-refractivity contribution in [3.05, 3.63) is 59.2 Å². The largest absolute Gasteiger partial charge is 0.479 e. The highest BCUT2D eigenvalue weighted by Crippen LogP contribution is 2.30. The number of nitrogens with one attached hydrogen (secondary N) is 2. The van der Waals surface area contributed by atoms with Crippen LogP contribution in [0, 0.1) is 6.92 Å². The highest BCUT2D eigenvalue weighted by atomic mass is 16.5. The molecule has 0 radical (unpaired) electrons. The Balaban J connectivity index is 1.69. The first-order valence-corrected chi connectivity index (χ1v) is 7.48. The average Bonchev–Trinajstić information content (AvgIpc) is 2.54. The van der Waals surface area contributed by atoms with Crippen molar-refractivity contribution in [1.82, 2.24) is 5.32 Å². The van der Waals surface area contributed by atoms with Crippen LogP contribution in [-0.4, -0.2) is 17.9 Å². The summed E-state index contributed by atoms with van der Waals surface area (Å²) in [5, 5.41) is 5.61. The number of anilines is 1. The van der Waals surface area contributed by atoms with Crippen LogP contribution in [-0.2, 0) is 11.3 Å². The number of ether oxygens (including phenoxy) is 1. The number of benzene rings is 2. The number of amides is 2. The van der Waals surface area contributed by atoms with Gasteiger partial charge >= 0.3 is 0 Å². The average molecular weight is 310 g/mol. The Morgan fingerprint density at radius 1 is 1.22 bits per heavy atom. The van der Waals surface area contributed by atoms with Crippen molar-refractivity contribution in [3.8, 4) is 5.75 Å². The van der Waals surface area contributed by atoms with Crippen LogP contribution in [0.4, 0.5) is 5.69 Å². The van der Waals surface area contributed by atoms with Gasteiger partial charge in [0.2, 0.25) is 0 Å². The summed E-state index contributed by atoms with van der Waals surface area (Å²) in [5.41, 5.74) is 3.22. The van der Waals surface area contributed by atoms with E-state index in [-0.39, 0.29) is 11.8 Å². The van der Waals surface area contributed by atoms with Crippen molar-refractivity contribution in [2.45, 2.75) is 26.5 Å². The highest BCUT2D eigenvalue weighted by molar-refractivity contribution is 6.00. The first kappa shape index (κ1) is 15.1. The summed E-state index contributed by atoms with van der Waals surface area (Å²) in [6.45, 7) is 4.16. The molecular formula is C18H18N2O3. The summed E-state index contributed by atoms with van der Waals surface area (Å²) in [5.74, 6) is 0.170. The molecule has 0 aliphatic carbocycles. The molecule has 0 aromatic heterocycles. The van der Waals surface area contributed by atoms with Gasteiger partial charge in [0.25, 0.3) is 11.8 Å². The molecule has 0 bridgehead atoms. The summed E-state index contributed by atoms with van der Waals surface area (Å²) >= 11 is 0. The molecule has 0 fully saturated rings. The van der Waals surface area contributed by atoms with E-state index in [1.807, 2.05) is 31.2 Å². The smallest absolute Gasteiger partial charge is 0.265 e. The van der Waals surface area contributed by atoms with Crippen molar-refractivity contribution >= 4 is 17.5 Å². The first-order valence-electron chi connectivity index (χ1n) is 7.48. The maximum absolute atomic E-state index is 12.3. The van der Waals surface area contributed by atoms with Crippen LogP contribution >= 0.6 is 0 Å². The van der Waals surface area contributed by atoms with E-state index in [4.69, 9.17) is 4.74 Å². The van der Waals surface area contributed by atoms with Gasteiger partial charge in [-0.2, -0.15) is 0 Å². The Labute approximate surface area is 134 Å². The van der Waals surface area contributed by atoms with Crippen molar-refractivity contribution < 1.29 is 14.3 Å². The predicted octanol–water partition coefficient (Wildman–Crippen LogP) is 2.64. The third kappa shape index (κ3) is 3.34. The normalized spacial score (nSPS) is 16.1. The molecule has 1 aliphatic heterocycles. The van der Waals surface area contributed by atoms with Crippen molar-refractivity contribution in [3.63, 3.8) is 0 Å². The van der Waals surface area contributed by atoms with Crippen LogP contribution in [0.2, 0.25) is 0 Å². The first-order chi connectivity index (χ1) is 11.0. The fraction of sp³-hybridized carbons (Fsp3) is 0.222. The van der Waals surface area contributed by atoms with Crippen LogP contribution in [0.15, 0.2) is 42.5 Å². The lowest BCUT2D eigenvalue weighted by molar-refractivity contribution is -0.122. The van der Waals surface area contributed by atoms with E-state index in [0.717, 1.165) is 5.56 Å². The summed E-state index contributed by atoms with van der Waals surface area (Å²) in [6.07, 6.45) is -0.524. The Bertz CT molecular complexity index is 753. The molecule has 0 saturated carbocycles. The van der Waals surface area contributed by atoms with Crippen LogP contribution < -0.4 is 15.4 Å². The molecule has 1 unspecified atom stereocenters. The molecule has 5 nitrogen and oxygen atoms in total. The zero-order chi connectivity index (χ0) is 16.4. The van der Waals surface area contributed by atoms with Gasteiger partial charge in [0.15, 0.2) is 6.10 Å². The number of hydrogen-bond donors (Lipinski definition) is 2. The van der Waals surface area contributed by atoms with Crippen molar-refractivity contribution in [2.24, 2.45) is 0 Å². The van der Waals surface area contributed by atoms with E-state index in [0.29, 0.717) is 23.5 Å². The van der Waals surface area contributed by atoms with Gasteiger partial charge in [-0.1, -0.05) is 29.8 Å². The lowest BCUT2D eigenvalue weighted by atomic mass is 10.1. The van der Waals surface area contributed by atoms with Gasteiger partial charge in [0, 0.05) is 12.1 Å². The zero-order valence-corrected chi connectivity index (χ0v) is 13.1. The minimum atomic E-state index is -0.524. The summed E-state index contributed by atoms with van der Waals surface area (Å²) < 4.78 is 5.48. The Morgan fingerprint density at radius 2 is 1.96 bits per heavy atom. The quantitative estimate of drug-likeness (QED) is 0.916. The van der Waals surface area contributed by atoms with E-state index in [2.05, 4.69) is 10.6 Å². The fourth-order valence-electron chi connectivity index (χ4n) is 2.34. The van der Waals surface area contributed by atoms with Crippen LogP contribution in [0.5, 0.6) is 5.75 Å². The SMILES string of the molecule is Cc1ccc(CNC(=O)c2ccc3c(c2)NC(=O)C(C)O3)cc1. The molecule has 23 heavy (non-hydrogen) atoms. The van der Waals surface area contributed by atoms with Gasteiger partial charge in [-0.15, -0.1) is 0 Å². The van der Waals surface area contributed by atoms with Crippen LogP contribution in [0.25, 0.3) is 0 Å². The second-order valence-corrected chi connectivity index (χ2v) is 5.63. The third-order valence-corrected chi connectivity index (χ3v) is 3.75. The summed E-state index contributed by atoms with van der Waals surface area (Å²) in [4.78, 5) is 23.9. The number of carbonyl (C=O) groups excluding carboxylic acids is 2. The second-order valence-electron chi connectivity index (χ2n) is 5.63. The van der Waals surface area contributed by atoms with E-state index in [9.17, 15) is 9.59 Å². The topological polar surface area (TPSA) is 67.4 Å². The molecular weight excluding hydrogens is 292 g/mol. The van der Waals surface area contributed by atoms with Crippen molar-refractivity contribution in [2.75, 3.05) is 5.32 Å². The van der Waals surface area contributed by atoms with E-state index in [1.165, 1.54) is 5.56 Å². The molecule has 0 spiro atoms. The maximum Gasteiger partial charge on any atom is 0.265 e. The molecule has 0 saturated heterocycles. The number of fused-ring (bicyclic) bond motifs is 1. The minimum absolute atomic E-state index is 0.193. The molecule has 1 heterocycles. The Morgan fingerprint density at radius 3 is 2.70 bits per heavy atom. The molecule has 5 heteroatoms. The third-order valence-electron chi connectivity index (χ3n) is 3.75. The lowest BCUT2D eigenvalue weighted by Crippen LogP contribution is -2.34. The van der Waals surface area contributed by atoms with Gasteiger partial charge in [0.1, 0.15) is 5.75 Å². The van der Waals surface area contributed by atoms with E-state index >= 15 is 0 Å². The number of aryl methyl sites for hydroxylation is 1. The Hall–Kier alpha value is -2.82. The molecule has 2 aromatic carbocycles. The van der Waals surface area contributed by atoms with Crippen LogP contribution in [0.1, 0.15) is 28.4 Å². The molecule has 1 atom stereocenters. The molecule has 2 aromatic rings. The van der Waals surface area contributed by atoms with Gasteiger partial charge in [-0.05, 0) is 37.6 Å². The summed E-state index contributed by atoms with van der Waals surface area (Å²) in [6, 6.07) is 13.0. The fourth-order valence-corrected chi connectivity index (χ4v) is 2.34. The van der Waals surface area contributed by atoms with Crippen molar-refractivity contribution in [1.29, 1.82) is 0 Å². The number of carbonyl (C=O) groups is 2. The maximum atomic E-state index is 12.3. The Kier molecular flexibility index (Phi) is 4.02. The molecule has 2 amide bonds. The molecule has 118 valence electrons. The highest BCUT2D eigenvalue weighted by Gasteiger charge is 2.24. The zero-order valence-electron chi connectivity index (χ0n) is 13.1. The predicted molar refractivity (Wildman–Crippen MR) is 87.5 cm³/mol. The monoisotopic (exact) mass is 310 g/mol. The van der Waals surface area contributed by atoms with Gasteiger partial charge < -0.3 is 15.4 Å². The van der Waals surface area contributed by atoms with Gasteiger partial charge in [-0.25, -0.2) is 0 Å². The summed E-state index contributed by atoms with van der Waals surface area (Å²) in [7, 11) is 0. The number of rotatable bonds is 3. The second kappa shape index (κ2) is 6.12. The number of hydrogen-bond acceptors (Lipinski definition) is 3. The molecule has 3 rings (SSSR count).